The van der Waals surface area contributed by atoms with Crippen molar-refractivity contribution in [3.63, 3.8) is 0 Å². The van der Waals surface area contributed by atoms with E-state index in [1.807, 2.05) is 19.0 Å². The Kier molecular flexibility index (Phi) is 6.30. The number of likely N-dealkylation sites (N-methyl/N-ethyl adjacent to an activating group) is 1. The quantitative estimate of drug-likeness (QED) is 0.796. The van der Waals surface area contributed by atoms with E-state index in [1.165, 1.54) is 18.3 Å². The fraction of sp³-hybridized carbons (Fsp3) is 0.533. The Hall–Kier alpha value is -1.95. The van der Waals surface area contributed by atoms with Crippen LogP contribution in [0.15, 0.2) is 18.3 Å². The van der Waals surface area contributed by atoms with E-state index in [2.05, 4.69) is 24.1 Å². The molecular formula is C15H23N3O3. The summed E-state index contributed by atoms with van der Waals surface area (Å²) >= 11 is 0. The molecule has 21 heavy (non-hydrogen) atoms. The minimum absolute atomic E-state index is 0.0478. The van der Waals surface area contributed by atoms with Gasteiger partial charge in [0.25, 0.3) is 5.91 Å². The molecule has 0 fully saturated rings. The van der Waals surface area contributed by atoms with Gasteiger partial charge in [-0.15, -0.1) is 0 Å². The highest BCUT2D eigenvalue weighted by Crippen LogP contribution is 2.07. The van der Waals surface area contributed by atoms with Crippen LogP contribution in [0.25, 0.3) is 0 Å². The van der Waals surface area contributed by atoms with Gasteiger partial charge in [0.05, 0.1) is 5.56 Å². The zero-order valence-corrected chi connectivity index (χ0v) is 13.0. The third kappa shape index (κ3) is 5.91. The smallest absolute Gasteiger partial charge is 0.354 e. The van der Waals surface area contributed by atoms with E-state index in [1.54, 1.807) is 0 Å². The number of nitrogens with zero attached hydrogens (tertiary/aromatic N) is 2. The maximum absolute atomic E-state index is 12.2. The first-order chi connectivity index (χ1) is 9.79. The summed E-state index contributed by atoms with van der Waals surface area (Å²) in [5.41, 5.74) is 0.297. The lowest BCUT2D eigenvalue weighted by atomic mass is 10.0. The molecule has 0 bridgehead atoms. The normalized spacial score (nSPS) is 12.5. The highest BCUT2D eigenvalue weighted by molar-refractivity contribution is 5.95. The third-order valence-corrected chi connectivity index (χ3v) is 2.92. The fourth-order valence-corrected chi connectivity index (χ4v) is 2.11. The van der Waals surface area contributed by atoms with Gasteiger partial charge in [0.1, 0.15) is 5.69 Å². The molecule has 2 N–H and O–H groups in total. The number of carboxylic acid groups (broad SMARTS) is 1. The minimum Gasteiger partial charge on any atom is -0.477 e. The molecule has 6 nitrogen and oxygen atoms in total. The van der Waals surface area contributed by atoms with Gasteiger partial charge in [-0.05, 0) is 38.6 Å². The molecule has 6 heteroatoms. The molecule has 0 aromatic carbocycles. The number of rotatable bonds is 7. The summed E-state index contributed by atoms with van der Waals surface area (Å²) in [6, 6.07) is 2.86. The SMILES string of the molecule is CC(C)CC(CN(C)C)NC(=O)c1ccc(C(=O)O)nc1. The lowest BCUT2D eigenvalue weighted by molar-refractivity contribution is 0.0689. The van der Waals surface area contributed by atoms with Crippen LogP contribution in [0.4, 0.5) is 0 Å². The van der Waals surface area contributed by atoms with Crippen molar-refractivity contribution in [3.8, 4) is 0 Å². The summed E-state index contributed by atoms with van der Waals surface area (Å²) in [5.74, 6) is -0.859. The first-order valence-electron chi connectivity index (χ1n) is 6.94. The first kappa shape index (κ1) is 17.1. The Morgan fingerprint density at radius 2 is 2.00 bits per heavy atom. The number of amides is 1. The zero-order valence-electron chi connectivity index (χ0n) is 13.0. The fourth-order valence-electron chi connectivity index (χ4n) is 2.11. The average Bonchev–Trinajstić information content (AvgIpc) is 2.37. The van der Waals surface area contributed by atoms with E-state index in [4.69, 9.17) is 5.11 Å². The zero-order chi connectivity index (χ0) is 16.0. The van der Waals surface area contributed by atoms with E-state index >= 15 is 0 Å². The van der Waals surface area contributed by atoms with Crippen molar-refractivity contribution < 1.29 is 14.7 Å². The summed E-state index contributed by atoms with van der Waals surface area (Å²) in [6.45, 7) is 4.97. The molecule has 0 radical (unpaired) electrons. The maximum Gasteiger partial charge on any atom is 0.354 e. The molecule has 0 saturated carbocycles. The van der Waals surface area contributed by atoms with Gasteiger partial charge in [-0.2, -0.15) is 0 Å². The molecule has 0 spiro atoms. The number of carbonyl (C=O) groups excluding carboxylic acids is 1. The maximum atomic E-state index is 12.2. The Balaban J connectivity index is 2.73. The van der Waals surface area contributed by atoms with Crippen molar-refractivity contribution in [2.24, 2.45) is 5.92 Å². The molecule has 0 aliphatic heterocycles. The van der Waals surface area contributed by atoms with Crippen LogP contribution < -0.4 is 5.32 Å². The van der Waals surface area contributed by atoms with Crippen LogP contribution in [0.1, 0.15) is 41.1 Å². The first-order valence-corrected chi connectivity index (χ1v) is 6.94. The molecule has 0 aliphatic carbocycles. The topological polar surface area (TPSA) is 82.5 Å². The second-order valence-electron chi connectivity index (χ2n) is 5.80. The van der Waals surface area contributed by atoms with Gasteiger partial charge >= 0.3 is 5.97 Å². The van der Waals surface area contributed by atoms with E-state index in [0.29, 0.717) is 11.5 Å². The lowest BCUT2D eigenvalue weighted by Crippen LogP contribution is -2.42. The largest absolute Gasteiger partial charge is 0.477 e. The van der Waals surface area contributed by atoms with Crippen LogP contribution in [0.5, 0.6) is 0 Å². The highest BCUT2D eigenvalue weighted by Gasteiger charge is 2.16. The van der Waals surface area contributed by atoms with E-state index in [9.17, 15) is 9.59 Å². The number of carboxylic acids is 1. The second kappa shape index (κ2) is 7.73. The molecule has 1 rings (SSSR count). The lowest BCUT2D eigenvalue weighted by Gasteiger charge is -2.24. The van der Waals surface area contributed by atoms with Gasteiger partial charge in [0.2, 0.25) is 0 Å². The standard InChI is InChI=1S/C15H23N3O3/c1-10(2)7-12(9-18(3)4)17-14(19)11-5-6-13(15(20)21)16-8-11/h5-6,8,10,12H,7,9H2,1-4H3,(H,17,19)(H,20,21). The van der Waals surface area contributed by atoms with Crippen molar-refractivity contribution >= 4 is 11.9 Å². The third-order valence-electron chi connectivity index (χ3n) is 2.92. The summed E-state index contributed by atoms with van der Waals surface area (Å²) in [5, 5.41) is 11.8. The molecule has 116 valence electrons. The number of hydrogen-bond donors (Lipinski definition) is 2. The number of pyridine rings is 1. The molecule has 1 aromatic heterocycles. The highest BCUT2D eigenvalue weighted by atomic mass is 16.4. The predicted octanol–water partition coefficient (Wildman–Crippen LogP) is 1.49. The Labute approximate surface area is 125 Å². The Morgan fingerprint density at radius 1 is 1.33 bits per heavy atom. The van der Waals surface area contributed by atoms with Gasteiger partial charge in [0.15, 0.2) is 0 Å². The molecular weight excluding hydrogens is 270 g/mol. The molecule has 0 saturated heterocycles. The van der Waals surface area contributed by atoms with Gasteiger partial charge in [-0.25, -0.2) is 9.78 Å². The monoisotopic (exact) mass is 293 g/mol. The summed E-state index contributed by atoms with van der Waals surface area (Å²) < 4.78 is 0. The average molecular weight is 293 g/mol. The van der Waals surface area contributed by atoms with Crippen molar-refractivity contribution in [1.29, 1.82) is 0 Å². The second-order valence-corrected chi connectivity index (χ2v) is 5.80. The van der Waals surface area contributed by atoms with Gasteiger partial charge in [-0.1, -0.05) is 13.8 Å². The number of carbonyl (C=O) groups is 2. The van der Waals surface area contributed by atoms with Gasteiger partial charge < -0.3 is 15.3 Å². The van der Waals surface area contributed by atoms with E-state index < -0.39 is 5.97 Å². The number of aromatic carboxylic acids is 1. The van der Waals surface area contributed by atoms with Gasteiger partial charge in [-0.3, -0.25) is 4.79 Å². The minimum atomic E-state index is -1.10. The summed E-state index contributed by atoms with van der Waals surface area (Å²) in [7, 11) is 3.92. The van der Waals surface area contributed by atoms with Crippen LogP contribution in [-0.4, -0.2) is 53.5 Å². The Bertz CT molecular complexity index is 473. The van der Waals surface area contributed by atoms with Crippen LogP contribution >= 0.6 is 0 Å². The summed E-state index contributed by atoms with van der Waals surface area (Å²) in [4.78, 5) is 28.7. The van der Waals surface area contributed by atoms with Crippen LogP contribution in [-0.2, 0) is 0 Å². The summed E-state index contributed by atoms with van der Waals surface area (Å²) in [6.07, 6.45) is 2.17. The van der Waals surface area contributed by atoms with Crippen LogP contribution in [0.3, 0.4) is 0 Å². The van der Waals surface area contributed by atoms with Crippen molar-refractivity contribution in [3.05, 3.63) is 29.6 Å². The molecule has 0 aliphatic rings. The number of nitrogens with one attached hydrogen (secondary N) is 1. The number of hydrogen-bond acceptors (Lipinski definition) is 4. The van der Waals surface area contributed by atoms with Crippen molar-refractivity contribution in [2.45, 2.75) is 26.3 Å². The number of aromatic nitrogens is 1. The molecule has 1 atom stereocenters. The predicted molar refractivity (Wildman–Crippen MR) is 80.5 cm³/mol. The Morgan fingerprint density at radius 3 is 2.43 bits per heavy atom. The molecule has 1 unspecified atom stereocenters. The molecule has 1 amide bonds. The van der Waals surface area contributed by atoms with Crippen LogP contribution in [0, 0.1) is 5.92 Å². The van der Waals surface area contributed by atoms with Crippen molar-refractivity contribution in [1.82, 2.24) is 15.2 Å². The van der Waals surface area contributed by atoms with Crippen molar-refractivity contribution in [2.75, 3.05) is 20.6 Å². The molecule has 1 heterocycles. The van der Waals surface area contributed by atoms with E-state index in [0.717, 1.165) is 13.0 Å². The van der Waals surface area contributed by atoms with E-state index in [-0.39, 0.29) is 17.6 Å². The van der Waals surface area contributed by atoms with Gasteiger partial charge in [0, 0.05) is 18.8 Å². The van der Waals surface area contributed by atoms with Crippen LogP contribution in [0.2, 0.25) is 0 Å². The molecule has 1 aromatic rings.